The predicted molar refractivity (Wildman–Crippen MR) is 73.3 cm³/mol. The Labute approximate surface area is 119 Å². The zero-order chi connectivity index (χ0) is 12.6. The van der Waals surface area contributed by atoms with E-state index < -0.39 is 12.0 Å². The van der Waals surface area contributed by atoms with Gasteiger partial charge in [0, 0.05) is 5.75 Å². The largest absolute Gasteiger partial charge is 0.506 e. The van der Waals surface area contributed by atoms with Crippen LogP contribution in [0.3, 0.4) is 0 Å². The molecule has 2 rings (SSSR count). The van der Waals surface area contributed by atoms with Gasteiger partial charge in [0.1, 0.15) is 11.8 Å². The van der Waals surface area contributed by atoms with Gasteiger partial charge in [-0.3, -0.25) is 10.1 Å². The van der Waals surface area contributed by atoms with Crippen molar-refractivity contribution in [3.05, 3.63) is 26.6 Å². The van der Waals surface area contributed by atoms with Crippen LogP contribution in [0.2, 0.25) is 0 Å². The quantitative estimate of drug-likeness (QED) is 0.733. The molecule has 0 aromatic heterocycles. The van der Waals surface area contributed by atoms with Crippen LogP contribution in [0.4, 0.5) is 0 Å². The van der Waals surface area contributed by atoms with Crippen molar-refractivity contribution >= 4 is 49.6 Å². The van der Waals surface area contributed by atoms with Gasteiger partial charge in [-0.25, -0.2) is 0 Å². The van der Waals surface area contributed by atoms with Crippen molar-refractivity contribution in [2.45, 2.75) is 11.4 Å². The minimum Gasteiger partial charge on any atom is -0.506 e. The molecule has 0 bridgehead atoms. The number of carbonyl (C=O) groups is 1. The number of aliphatic carboxylic acids is 1. The Bertz CT molecular complexity index is 446. The molecule has 0 amide bonds. The third kappa shape index (κ3) is 2.78. The van der Waals surface area contributed by atoms with E-state index >= 15 is 0 Å². The Kier molecular flexibility index (Phi) is 4.02. The zero-order valence-corrected chi connectivity index (χ0v) is 12.5. The molecule has 1 aliphatic rings. The molecule has 1 aliphatic heterocycles. The first-order valence-corrected chi connectivity index (χ1v) is 7.41. The van der Waals surface area contributed by atoms with Crippen molar-refractivity contribution in [1.29, 1.82) is 0 Å². The first-order valence-electron chi connectivity index (χ1n) is 4.77. The number of phenols is 1. The average Bonchev–Trinajstić information content (AvgIpc) is 2.74. The van der Waals surface area contributed by atoms with Crippen LogP contribution < -0.4 is 5.32 Å². The first kappa shape index (κ1) is 13.2. The number of thioether (sulfide) groups is 1. The average molecular weight is 383 g/mol. The summed E-state index contributed by atoms with van der Waals surface area (Å²) >= 11 is 8.05. The number of hydrogen-bond acceptors (Lipinski definition) is 4. The van der Waals surface area contributed by atoms with Crippen LogP contribution in [0.5, 0.6) is 5.75 Å². The number of carboxylic acids is 1. The molecule has 3 N–H and O–H groups in total. The van der Waals surface area contributed by atoms with Gasteiger partial charge in [0.25, 0.3) is 0 Å². The fraction of sp³-hybridized carbons (Fsp3) is 0.300. The molecule has 0 radical (unpaired) electrons. The van der Waals surface area contributed by atoms with Gasteiger partial charge in [-0.15, -0.1) is 11.8 Å². The Balaban J connectivity index is 2.22. The van der Waals surface area contributed by atoms with E-state index in [2.05, 4.69) is 37.2 Å². The molecule has 4 nitrogen and oxygen atoms in total. The highest BCUT2D eigenvalue weighted by molar-refractivity contribution is 9.11. The summed E-state index contributed by atoms with van der Waals surface area (Å²) in [4.78, 5) is 10.8. The summed E-state index contributed by atoms with van der Waals surface area (Å²) in [6.07, 6.45) is 0. The van der Waals surface area contributed by atoms with E-state index in [-0.39, 0.29) is 11.1 Å². The highest BCUT2D eigenvalue weighted by atomic mass is 79.9. The van der Waals surface area contributed by atoms with Crippen molar-refractivity contribution in [3.63, 3.8) is 0 Å². The number of rotatable bonds is 2. The monoisotopic (exact) mass is 381 g/mol. The van der Waals surface area contributed by atoms with Gasteiger partial charge >= 0.3 is 5.97 Å². The van der Waals surface area contributed by atoms with Gasteiger partial charge in [-0.2, -0.15) is 0 Å². The minimum atomic E-state index is -0.836. The van der Waals surface area contributed by atoms with Gasteiger partial charge in [0.2, 0.25) is 0 Å². The summed E-state index contributed by atoms with van der Waals surface area (Å²) in [5, 5.41) is 21.5. The molecule has 1 saturated heterocycles. The molecule has 1 heterocycles. The Hall–Kier alpha value is -0.240. The van der Waals surface area contributed by atoms with E-state index in [1.165, 1.54) is 11.8 Å². The SMILES string of the molecule is O=C(O)[C@H]1CS[C@H](c2cc(Br)c(O)c(Br)c2)N1. The van der Waals surface area contributed by atoms with Crippen LogP contribution in [-0.4, -0.2) is 28.0 Å². The summed E-state index contributed by atoms with van der Waals surface area (Å²) < 4.78 is 1.17. The molecule has 1 aromatic carbocycles. The van der Waals surface area contributed by atoms with Crippen LogP contribution >= 0.6 is 43.6 Å². The first-order chi connectivity index (χ1) is 7.99. The maximum atomic E-state index is 10.8. The number of benzene rings is 1. The van der Waals surface area contributed by atoms with Gasteiger partial charge in [0.15, 0.2) is 0 Å². The number of nitrogens with one attached hydrogen (secondary N) is 1. The molecule has 0 aliphatic carbocycles. The topological polar surface area (TPSA) is 69.6 Å². The molecule has 1 fully saturated rings. The van der Waals surface area contributed by atoms with Gasteiger partial charge < -0.3 is 10.2 Å². The number of phenolic OH excluding ortho intramolecular Hbond substituents is 1. The third-order valence-corrected chi connectivity index (χ3v) is 4.90. The highest BCUT2D eigenvalue weighted by Gasteiger charge is 2.30. The standard InChI is InChI=1S/C10H9Br2NO3S/c11-5-1-4(2-6(12)8(5)14)9-13-7(3-17-9)10(15)16/h1-2,7,9,13-14H,3H2,(H,15,16)/t7-,9-/m1/s1. The second-order valence-corrected chi connectivity index (χ2v) is 6.45. The van der Waals surface area contributed by atoms with E-state index in [1.54, 1.807) is 12.1 Å². The van der Waals surface area contributed by atoms with Gasteiger partial charge in [0.05, 0.1) is 14.3 Å². The van der Waals surface area contributed by atoms with E-state index in [0.717, 1.165) is 5.56 Å². The van der Waals surface area contributed by atoms with Crippen molar-refractivity contribution < 1.29 is 15.0 Å². The maximum Gasteiger partial charge on any atom is 0.321 e. The molecule has 7 heteroatoms. The van der Waals surface area contributed by atoms with Crippen LogP contribution in [0.1, 0.15) is 10.9 Å². The molecule has 0 saturated carbocycles. The molecular formula is C10H9Br2NO3S. The molecule has 1 aromatic rings. The lowest BCUT2D eigenvalue weighted by Gasteiger charge is -2.13. The third-order valence-electron chi connectivity index (χ3n) is 2.42. The summed E-state index contributed by atoms with van der Waals surface area (Å²) in [7, 11) is 0. The minimum absolute atomic E-state index is 0.0655. The van der Waals surface area contributed by atoms with Crippen molar-refractivity contribution in [3.8, 4) is 5.75 Å². The molecule has 2 atom stereocenters. The molecule has 0 unspecified atom stereocenters. The Morgan fingerprint density at radius 2 is 2.00 bits per heavy atom. The summed E-state index contributed by atoms with van der Waals surface area (Å²) in [5.41, 5.74) is 0.926. The van der Waals surface area contributed by atoms with Crippen molar-refractivity contribution in [1.82, 2.24) is 5.32 Å². The van der Waals surface area contributed by atoms with Gasteiger partial charge in [-0.1, -0.05) is 0 Å². The molecule has 92 valence electrons. The lowest BCUT2D eigenvalue weighted by atomic mass is 10.2. The van der Waals surface area contributed by atoms with E-state index in [0.29, 0.717) is 14.7 Å². The Morgan fingerprint density at radius 1 is 1.41 bits per heavy atom. The Morgan fingerprint density at radius 3 is 2.47 bits per heavy atom. The number of halogens is 2. The second kappa shape index (κ2) is 5.17. The molecular weight excluding hydrogens is 374 g/mol. The normalized spacial score (nSPS) is 23.9. The fourth-order valence-corrected chi connectivity index (χ4v) is 3.98. The highest BCUT2D eigenvalue weighted by Crippen LogP contribution is 2.39. The maximum absolute atomic E-state index is 10.8. The number of aromatic hydroxyl groups is 1. The predicted octanol–water partition coefficient (Wildman–Crippen LogP) is 2.71. The van der Waals surface area contributed by atoms with Crippen molar-refractivity contribution in [2.75, 3.05) is 5.75 Å². The zero-order valence-electron chi connectivity index (χ0n) is 8.48. The van der Waals surface area contributed by atoms with Crippen LogP contribution in [0.25, 0.3) is 0 Å². The van der Waals surface area contributed by atoms with Crippen LogP contribution in [-0.2, 0) is 4.79 Å². The van der Waals surface area contributed by atoms with E-state index in [4.69, 9.17) is 5.11 Å². The van der Waals surface area contributed by atoms with Crippen molar-refractivity contribution in [2.24, 2.45) is 0 Å². The molecule has 0 spiro atoms. The molecule has 17 heavy (non-hydrogen) atoms. The summed E-state index contributed by atoms with van der Waals surface area (Å²) in [6.45, 7) is 0. The lowest BCUT2D eigenvalue weighted by molar-refractivity contribution is -0.138. The van der Waals surface area contributed by atoms with Gasteiger partial charge in [-0.05, 0) is 49.6 Å². The lowest BCUT2D eigenvalue weighted by Crippen LogP contribution is -2.33. The van der Waals surface area contributed by atoms with Crippen LogP contribution in [0, 0.1) is 0 Å². The summed E-state index contributed by atoms with van der Waals surface area (Å²) in [6, 6.07) is 3.06. The number of hydrogen-bond donors (Lipinski definition) is 3. The van der Waals surface area contributed by atoms with E-state index in [1.807, 2.05) is 0 Å². The van der Waals surface area contributed by atoms with E-state index in [9.17, 15) is 9.90 Å². The second-order valence-electron chi connectivity index (χ2n) is 3.60. The summed E-state index contributed by atoms with van der Waals surface area (Å²) in [5.74, 6) is -0.153. The number of carboxylic acid groups (broad SMARTS) is 1. The smallest absolute Gasteiger partial charge is 0.321 e. The fourth-order valence-electron chi connectivity index (χ4n) is 1.54. The van der Waals surface area contributed by atoms with Crippen LogP contribution in [0.15, 0.2) is 21.1 Å².